The van der Waals surface area contributed by atoms with Gasteiger partial charge in [-0.25, -0.2) is 0 Å². The highest BCUT2D eigenvalue weighted by molar-refractivity contribution is 5.79. The van der Waals surface area contributed by atoms with Crippen molar-refractivity contribution in [2.24, 2.45) is 0 Å². The summed E-state index contributed by atoms with van der Waals surface area (Å²) in [4.78, 5) is 23.9. The lowest BCUT2D eigenvalue weighted by Crippen LogP contribution is -2.07. The third-order valence-electron chi connectivity index (χ3n) is 4.26. The molecule has 0 aliphatic carbocycles. The summed E-state index contributed by atoms with van der Waals surface area (Å²) in [6, 6.07) is 12.4. The molecule has 8 heteroatoms. The van der Waals surface area contributed by atoms with Crippen molar-refractivity contribution in [3.63, 3.8) is 0 Å². The number of fused-ring (bicyclic) bond motifs is 2. The lowest BCUT2D eigenvalue weighted by molar-refractivity contribution is 0.247. The molecule has 0 aliphatic rings. The average molecular weight is 394 g/mol. The van der Waals surface area contributed by atoms with Crippen molar-refractivity contribution in [3.8, 4) is 11.5 Å². The van der Waals surface area contributed by atoms with Crippen LogP contribution in [0.25, 0.3) is 21.9 Å². The van der Waals surface area contributed by atoms with Gasteiger partial charge in [-0.2, -0.15) is 0 Å². The largest absolute Gasteiger partial charge is 0.493 e. The summed E-state index contributed by atoms with van der Waals surface area (Å²) < 4.78 is 21.9. The van der Waals surface area contributed by atoms with Crippen molar-refractivity contribution in [2.45, 2.75) is 6.42 Å². The van der Waals surface area contributed by atoms with Crippen LogP contribution in [0, 0.1) is 0 Å². The van der Waals surface area contributed by atoms with Gasteiger partial charge < -0.3 is 29.8 Å². The molecule has 0 bridgehead atoms. The van der Waals surface area contributed by atoms with Gasteiger partial charge >= 0.3 is 0 Å². The predicted molar refractivity (Wildman–Crippen MR) is 109 cm³/mol. The van der Waals surface area contributed by atoms with Crippen molar-refractivity contribution < 1.29 is 18.3 Å². The van der Waals surface area contributed by atoms with Gasteiger partial charge in [0.15, 0.2) is 22.6 Å². The molecule has 2 heterocycles. The molecule has 0 aliphatic heterocycles. The number of benzene rings is 2. The van der Waals surface area contributed by atoms with Crippen molar-refractivity contribution >= 4 is 33.7 Å². The van der Waals surface area contributed by atoms with Crippen molar-refractivity contribution in [3.05, 3.63) is 69.0 Å². The van der Waals surface area contributed by atoms with Crippen LogP contribution in [-0.4, -0.2) is 13.2 Å². The first-order chi connectivity index (χ1) is 14.0. The second-order valence-corrected chi connectivity index (χ2v) is 6.39. The molecule has 0 unspecified atom stereocenters. The summed E-state index contributed by atoms with van der Waals surface area (Å²) in [5.41, 5.74) is 11.4. The highest BCUT2D eigenvalue weighted by atomic mass is 16.5. The Bertz CT molecular complexity index is 1210. The second kappa shape index (κ2) is 7.59. The van der Waals surface area contributed by atoms with Crippen LogP contribution in [0.15, 0.2) is 67.0 Å². The Balaban J connectivity index is 1.34. The monoisotopic (exact) mass is 394 g/mol. The molecule has 2 aromatic carbocycles. The molecule has 0 atom stereocenters. The maximum atomic E-state index is 12.0. The molecule has 0 saturated heterocycles. The van der Waals surface area contributed by atoms with Crippen molar-refractivity contribution in [1.82, 2.24) is 0 Å². The normalized spacial score (nSPS) is 11.0. The zero-order valence-corrected chi connectivity index (χ0v) is 15.3. The second-order valence-electron chi connectivity index (χ2n) is 6.39. The Morgan fingerprint density at radius 2 is 1.14 bits per heavy atom. The van der Waals surface area contributed by atoms with E-state index < -0.39 is 0 Å². The summed E-state index contributed by atoms with van der Waals surface area (Å²) in [6.07, 6.45) is 0.600. The number of nitrogen functional groups attached to an aromatic ring is 2. The fraction of sp³-hybridized carbons (Fsp3) is 0.143. The summed E-state index contributed by atoms with van der Waals surface area (Å²) >= 11 is 0. The van der Waals surface area contributed by atoms with Crippen LogP contribution in [0.4, 0.5) is 11.8 Å². The lowest BCUT2D eigenvalue weighted by Gasteiger charge is -2.09. The topological polar surface area (TPSA) is 131 Å². The molecule has 4 aromatic rings. The van der Waals surface area contributed by atoms with E-state index in [1.165, 1.54) is 12.1 Å². The first-order valence-electron chi connectivity index (χ1n) is 8.92. The molecule has 0 saturated carbocycles. The fourth-order valence-corrected chi connectivity index (χ4v) is 2.93. The number of nitrogens with two attached hydrogens (primary N) is 2. The molecule has 0 radical (unpaired) electrons. The molecule has 29 heavy (non-hydrogen) atoms. The van der Waals surface area contributed by atoms with Crippen LogP contribution in [0.1, 0.15) is 6.42 Å². The minimum absolute atomic E-state index is 0.0725. The van der Waals surface area contributed by atoms with E-state index in [1.807, 2.05) is 0 Å². The number of hydrogen-bond donors (Lipinski definition) is 2. The van der Waals surface area contributed by atoms with E-state index in [0.717, 1.165) is 0 Å². The molecular formula is C21H18N2O6. The van der Waals surface area contributed by atoms with E-state index in [4.69, 9.17) is 29.8 Å². The number of ether oxygens (including phenoxy) is 2. The van der Waals surface area contributed by atoms with Crippen LogP contribution in [-0.2, 0) is 0 Å². The van der Waals surface area contributed by atoms with Crippen LogP contribution in [0.5, 0.6) is 11.5 Å². The Kier molecular flexibility index (Phi) is 4.82. The molecule has 0 spiro atoms. The van der Waals surface area contributed by atoms with E-state index in [1.54, 1.807) is 36.4 Å². The predicted octanol–water partition coefficient (Wildman–Crippen LogP) is 2.91. The van der Waals surface area contributed by atoms with Gasteiger partial charge in [-0.05, 0) is 36.4 Å². The Hall–Kier alpha value is -3.94. The molecule has 8 nitrogen and oxygen atoms in total. The van der Waals surface area contributed by atoms with Gasteiger partial charge in [-0.1, -0.05) is 0 Å². The van der Waals surface area contributed by atoms with E-state index in [2.05, 4.69) is 0 Å². The average Bonchev–Trinajstić information content (AvgIpc) is 2.68. The maximum Gasteiger partial charge on any atom is 0.195 e. The Labute approximate surface area is 164 Å². The van der Waals surface area contributed by atoms with E-state index >= 15 is 0 Å². The third-order valence-corrected chi connectivity index (χ3v) is 4.26. The SMILES string of the molecule is Nc1cc(=O)c2cc(OCCCOc3ccc4oc(N)cc(=O)c4c3)ccc2o1. The van der Waals surface area contributed by atoms with Crippen LogP contribution < -0.4 is 31.8 Å². The zero-order chi connectivity index (χ0) is 20.4. The third kappa shape index (κ3) is 4.01. The summed E-state index contributed by atoms with van der Waals surface area (Å²) in [7, 11) is 0. The minimum atomic E-state index is -0.222. The molecule has 0 fully saturated rings. The van der Waals surface area contributed by atoms with Crippen molar-refractivity contribution in [1.29, 1.82) is 0 Å². The highest BCUT2D eigenvalue weighted by Crippen LogP contribution is 2.21. The maximum absolute atomic E-state index is 12.0. The number of rotatable bonds is 6. The molecule has 4 N–H and O–H groups in total. The van der Waals surface area contributed by atoms with Gasteiger partial charge in [-0.3, -0.25) is 9.59 Å². The van der Waals surface area contributed by atoms with Gasteiger partial charge in [0.05, 0.1) is 24.0 Å². The van der Waals surface area contributed by atoms with E-state index in [-0.39, 0.29) is 22.6 Å². The van der Waals surface area contributed by atoms with Gasteiger partial charge in [0, 0.05) is 18.6 Å². The highest BCUT2D eigenvalue weighted by Gasteiger charge is 2.06. The molecular weight excluding hydrogens is 376 g/mol. The molecule has 148 valence electrons. The first kappa shape index (κ1) is 18.4. The summed E-state index contributed by atoms with van der Waals surface area (Å²) in [5, 5.41) is 0.812. The molecule has 4 rings (SSSR count). The molecule has 0 amide bonds. The van der Waals surface area contributed by atoms with E-state index in [9.17, 15) is 9.59 Å². The fourth-order valence-electron chi connectivity index (χ4n) is 2.93. The molecule has 2 aromatic heterocycles. The quantitative estimate of drug-likeness (QED) is 0.477. The Morgan fingerprint density at radius 3 is 1.59 bits per heavy atom. The minimum Gasteiger partial charge on any atom is -0.493 e. The summed E-state index contributed by atoms with van der Waals surface area (Å²) in [5.74, 6) is 1.25. The standard InChI is InChI=1S/C21H18N2O6/c22-20-10-16(24)14-8-12(2-4-18(14)28-20)26-6-1-7-27-13-3-5-19-15(9-13)17(25)11-21(23)29-19/h2-5,8-11H,1,6-7,22-23H2. The smallest absolute Gasteiger partial charge is 0.195 e. The van der Waals surface area contributed by atoms with Crippen molar-refractivity contribution in [2.75, 3.05) is 24.7 Å². The van der Waals surface area contributed by atoms with Crippen LogP contribution in [0.3, 0.4) is 0 Å². The van der Waals surface area contributed by atoms with Gasteiger partial charge in [0.2, 0.25) is 0 Å². The summed E-state index contributed by atoms with van der Waals surface area (Å²) in [6.45, 7) is 0.774. The van der Waals surface area contributed by atoms with Gasteiger partial charge in [-0.15, -0.1) is 0 Å². The lowest BCUT2D eigenvalue weighted by atomic mass is 10.2. The Morgan fingerprint density at radius 1 is 0.690 bits per heavy atom. The van der Waals surface area contributed by atoms with Gasteiger partial charge in [0.25, 0.3) is 0 Å². The zero-order valence-electron chi connectivity index (χ0n) is 15.3. The van der Waals surface area contributed by atoms with Gasteiger partial charge in [0.1, 0.15) is 22.7 Å². The number of hydrogen-bond acceptors (Lipinski definition) is 8. The van der Waals surface area contributed by atoms with Crippen LogP contribution in [0.2, 0.25) is 0 Å². The van der Waals surface area contributed by atoms with Crippen LogP contribution >= 0.6 is 0 Å². The van der Waals surface area contributed by atoms with E-state index in [0.29, 0.717) is 53.1 Å². The number of anilines is 2. The first-order valence-corrected chi connectivity index (χ1v) is 8.92.